The highest BCUT2D eigenvalue weighted by molar-refractivity contribution is 7.11. The molecule has 6 heteroatoms. The van der Waals surface area contributed by atoms with Gasteiger partial charge < -0.3 is 9.94 Å². The smallest absolute Gasteiger partial charge is 0.350 e. The van der Waals surface area contributed by atoms with Crippen molar-refractivity contribution in [3.05, 3.63) is 11.6 Å². The molecule has 1 heterocycles. The minimum atomic E-state index is -1.15. The Balaban J connectivity index is 2.40. The maximum absolute atomic E-state index is 9.88. The Morgan fingerprint density at radius 1 is 1.91 bits per heavy atom. The second-order valence-corrected chi connectivity index (χ2v) is 2.32. The zero-order valence-corrected chi connectivity index (χ0v) is 6.11. The summed E-state index contributed by atoms with van der Waals surface area (Å²) < 4.78 is 0. The molecule has 0 radical (unpaired) electrons. The highest BCUT2D eigenvalue weighted by Crippen LogP contribution is 2.12. The van der Waals surface area contributed by atoms with Crippen LogP contribution >= 0.6 is 11.3 Å². The van der Waals surface area contributed by atoms with Crippen LogP contribution in [0, 0.1) is 0 Å². The van der Waals surface area contributed by atoms with E-state index in [1.165, 1.54) is 17.5 Å². The number of hydrogen-bond acceptors (Lipinski definition) is 5. The van der Waals surface area contributed by atoms with E-state index in [1.807, 2.05) is 0 Å². The van der Waals surface area contributed by atoms with Crippen LogP contribution < -0.4 is 4.84 Å². The van der Waals surface area contributed by atoms with Gasteiger partial charge in [0.05, 0.1) is 0 Å². The third kappa shape index (κ3) is 2.76. The summed E-state index contributed by atoms with van der Waals surface area (Å²) in [5, 5.41) is 13.3. The van der Waals surface area contributed by atoms with Crippen molar-refractivity contribution in [1.82, 2.24) is 4.98 Å². The quantitative estimate of drug-likeness (QED) is 0.535. The molecule has 0 fully saturated rings. The van der Waals surface area contributed by atoms with Crippen LogP contribution in [0.25, 0.3) is 0 Å². The predicted molar refractivity (Wildman–Crippen MR) is 38.9 cm³/mol. The van der Waals surface area contributed by atoms with Crippen molar-refractivity contribution in [3.63, 3.8) is 0 Å². The Morgan fingerprint density at radius 2 is 2.73 bits per heavy atom. The van der Waals surface area contributed by atoms with E-state index in [9.17, 15) is 4.79 Å². The Hall–Kier alpha value is -1.43. The van der Waals surface area contributed by atoms with Crippen LogP contribution in [0.2, 0.25) is 0 Å². The first-order chi connectivity index (χ1) is 5.29. The van der Waals surface area contributed by atoms with E-state index in [0.29, 0.717) is 11.4 Å². The first-order valence-corrected chi connectivity index (χ1v) is 3.50. The number of aromatic nitrogens is 1. The predicted octanol–water partition coefficient (Wildman–Crippen LogP) is 0.592. The molecule has 5 nitrogen and oxygen atoms in total. The number of thiazole rings is 1. The molecule has 11 heavy (non-hydrogen) atoms. The van der Waals surface area contributed by atoms with Gasteiger partial charge in [-0.2, -0.15) is 0 Å². The van der Waals surface area contributed by atoms with Crippen molar-refractivity contribution in [2.75, 3.05) is 0 Å². The molecule has 0 unspecified atom stereocenters. The zero-order chi connectivity index (χ0) is 8.10. The summed E-state index contributed by atoms with van der Waals surface area (Å²) in [6.07, 6.45) is 2.19. The molecule has 0 aromatic carbocycles. The van der Waals surface area contributed by atoms with Crippen LogP contribution in [0.1, 0.15) is 0 Å². The van der Waals surface area contributed by atoms with Crippen LogP contribution in [0.4, 0.5) is 0 Å². The van der Waals surface area contributed by atoms with E-state index in [2.05, 4.69) is 15.0 Å². The molecular formula is C5H4N2O3S. The van der Waals surface area contributed by atoms with E-state index >= 15 is 0 Å². The zero-order valence-electron chi connectivity index (χ0n) is 5.30. The average Bonchev–Trinajstić information content (AvgIpc) is 2.39. The Morgan fingerprint density at radius 3 is 3.27 bits per heavy atom. The largest absolute Gasteiger partial charge is 0.477 e. The second-order valence-electron chi connectivity index (χ2n) is 1.46. The van der Waals surface area contributed by atoms with Gasteiger partial charge in [-0.15, -0.1) is 0 Å². The Labute approximate surface area is 65.9 Å². The van der Waals surface area contributed by atoms with E-state index in [1.54, 1.807) is 5.38 Å². The van der Waals surface area contributed by atoms with Crippen LogP contribution in [0.3, 0.4) is 0 Å². The van der Waals surface area contributed by atoms with Crippen molar-refractivity contribution in [3.8, 4) is 5.19 Å². The summed E-state index contributed by atoms with van der Waals surface area (Å²) in [5.41, 5.74) is 0. The van der Waals surface area contributed by atoms with E-state index in [-0.39, 0.29) is 0 Å². The van der Waals surface area contributed by atoms with E-state index in [4.69, 9.17) is 5.11 Å². The molecule has 58 valence electrons. The van der Waals surface area contributed by atoms with E-state index < -0.39 is 5.97 Å². The molecule has 0 spiro atoms. The first kappa shape index (κ1) is 7.67. The number of rotatable bonds is 3. The number of oxime groups is 1. The Kier molecular flexibility index (Phi) is 2.56. The lowest BCUT2D eigenvalue weighted by Gasteiger charge is -1.86. The molecule has 0 amide bonds. The molecule has 1 aromatic rings. The molecule has 0 aliphatic carbocycles. The fraction of sp³-hybridized carbons (Fsp3) is 0. The van der Waals surface area contributed by atoms with Crippen molar-refractivity contribution in [2.45, 2.75) is 0 Å². The van der Waals surface area contributed by atoms with Gasteiger partial charge in [0, 0.05) is 11.6 Å². The second kappa shape index (κ2) is 3.67. The standard InChI is InChI=1S/C5H4N2O3S/c8-4(9)3-7-10-5-6-1-2-11-5/h1-3H,(H,8,9). The number of carboxylic acids is 1. The van der Waals surface area contributed by atoms with Gasteiger partial charge in [0.1, 0.15) is 0 Å². The number of carbonyl (C=O) groups is 1. The summed E-state index contributed by atoms with van der Waals surface area (Å²) in [5.74, 6) is -1.15. The maximum atomic E-state index is 9.88. The molecule has 1 N–H and O–H groups in total. The molecule has 0 aliphatic heterocycles. The molecule has 0 atom stereocenters. The van der Waals surface area contributed by atoms with Gasteiger partial charge in [-0.25, -0.2) is 9.78 Å². The number of carboxylic acid groups (broad SMARTS) is 1. The molecule has 0 saturated heterocycles. The lowest BCUT2D eigenvalue weighted by molar-refractivity contribution is -0.128. The van der Waals surface area contributed by atoms with Gasteiger partial charge in [-0.3, -0.25) is 0 Å². The van der Waals surface area contributed by atoms with Gasteiger partial charge >= 0.3 is 11.2 Å². The highest BCUT2D eigenvalue weighted by atomic mass is 32.1. The molecule has 1 rings (SSSR count). The molecule has 0 bridgehead atoms. The first-order valence-electron chi connectivity index (χ1n) is 2.62. The van der Waals surface area contributed by atoms with Gasteiger partial charge in [0.15, 0.2) is 6.21 Å². The molecule has 0 aliphatic rings. The average molecular weight is 172 g/mol. The summed E-state index contributed by atoms with van der Waals surface area (Å²) in [4.78, 5) is 18.1. The summed E-state index contributed by atoms with van der Waals surface area (Å²) in [6, 6.07) is 0. The minimum Gasteiger partial charge on any atom is -0.477 e. The summed E-state index contributed by atoms with van der Waals surface area (Å²) in [7, 11) is 0. The van der Waals surface area contributed by atoms with Crippen molar-refractivity contribution >= 4 is 23.5 Å². The normalized spacial score (nSPS) is 10.2. The fourth-order valence-electron chi connectivity index (χ4n) is 0.372. The van der Waals surface area contributed by atoms with Crippen LogP contribution in [0.15, 0.2) is 16.7 Å². The van der Waals surface area contributed by atoms with Crippen molar-refractivity contribution < 1.29 is 14.7 Å². The molecular weight excluding hydrogens is 168 g/mol. The van der Waals surface area contributed by atoms with Crippen molar-refractivity contribution in [1.29, 1.82) is 0 Å². The number of hydrogen-bond donors (Lipinski definition) is 1. The van der Waals surface area contributed by atoms with Gasteiger partial charge in [-0.1, -0.05) is 16.5 Å². The molecule has 0 saturated carbocycles. The fourth-order valence-corrected chi connectivity index (χ4v) is 0.818. The summed E-state index contributed by atoms with van der Waals surface area (Å²) >= 11 is 1.23. The van der Waals surface area contributed by atoms with Crippen LogP contribution in [0.5, 0.6) is 5.19 Å². The van der Waals surface area contributed by atoms with Crippen molar-refractivity contribution in [2.24, 2.45) is 5.16 Å². The lowest BCUT2D eigenvalue weighted by Crippen LogP contribution is -1.96. The SMILES string of the molecule is O=C(O)C=NOc1nccs1. The highest BCUT2D eigenvalue weighted by Gasteiger charge is 1.93. The van der Waals surface area contributed by atoms with Gasteiger partial charge in [-0.05, 0) is 0 Å². The Bertz CT molecular complexity index is 257. The third-order valence-corrected chi connectivity index (χ3v) is 1.34. The topological polar surface area (TPSA) is 71.8 Å². The van der Waals surface area contributed by atoms with Gasteiger partial charge in [0.25, 0.3) is 0 Å². The number of aliphatic carboxylic acids is 1. The minimum absolute atomic E-state index is 0.322. The van der Waals surface area contributed by atoms with E-state index in [0.717, 1.165) is 0 Å². The lowest BCUT2D eigenvalue weighted by atomic mass is 10.8. The molecule has 1 aromatic heterocycles. The number of nitrogens with zero attached hydrogens (tertiary/aromatic N) is 2. The third-order valence-electron chi connectivity index (χ3n) is 0.704. The summed E-state index contributed by atoms with van der Waals surface area (Å²) in [6.45, 7) is 0. The van der Waals surface area contributed by atoms with Crippen LogP contribution in [-0.4, -0.2) is 22.3 Å². The monoisotopic (exact) mass is 172 g/mol. The van der Waals surface area contributed by atoms with Crippen LogP contribution in [-0.2, 0) is 4.79 Å². The van der Waals surface area contributed by atoms with Gasteiger partial charge in [0.2, 0.25) is 0 Å². The maximum Gasteiger partial charge on any atom is 0.350 e.